The van der Waals surface area contributed by atoms with Crippen molar-refractivity contribution in [2.75, 3.05) is 11.9 Å². The average molecular weight is 398 g/mol. The topological polar surface area (TPSA) is 100 Å². The lowest BCUT2D eigenvalue weighted by molar-refractivity contribution is 0.0928. The second kappa shape index (κ2) is 8.22. The monoisotopic (exact) mass is 398 g/mol. The molecule has 2 atom stereocenters. The zero-order valence-corrected chi connectivity index (χ0v) is 16.3. The summed E-state index contributed by atoms with van der Waals surface area (Å²) in [5, 5.41) is 24.3. The third kappa shape index (κ3) is 3.99. The molecule has 3 aromatic heterocycles. The molecule has 8 heteroatoms. The Morgan fingerprint density at radius 1 is 1.39 bits per heavy atom. The Morgan fingerprint density at radius 2 is 2.29 bits per heavy atom. The van der Waals surface area contributed by atoms with Gasteiger partial charge in [0.25, 0.3) is 0 Å². The van der Waals surface area contributed by atoms with E-state index in [0.29, 0.717) is 22.4 Å². The lowest BCUT2D eigenvalue weighted by Gasteiger charge is -2.26. The maximum absolute atomic E-state index is 9.73. The highest BCUT2D eigenvalue weighted by Gasteiger charge is 2.24. The summed E-state index contributed by atoms with van der Waals surface area (Å²) in [7, 11) is 0. The van der Waals surface area contributed by atoms with E-state index in [4.69, 9.17) is 9.84 Å². The molecule has 0 spiro atoms. The van der Waals surface area contributed by atoms with Gasteiger partial charge in [-0.2, -0.15) is 0 Å². The Kier molecular flexibility index (Phi) is 5.52. The van der Waals surface area contributed by atoms with Gasteiger partial charge in [0.1, 0.15) is 12.2 Å². The van der Waals surface area contributed by atoms with Crippen molar-refractivity contribution in [1.82, 2.24) is 15.0 Å². The van der Waals surface area contributed by atoms with Gasteiger partial charge in [-0.3, -0.25) is 4.98 Å². The summed E-state index contributed by atoms with van der Waals surface area (Å²) in [4.78, 5) is 13.3. The van der Waals surface area contributed by atoms with Gasteiger partial charge >= 0.3 is 0 Å². The molecule has 28 heavy (non-hydrogen) atoms. The molecular weight excluding hydrogens is 376 g/mol. The fourth-order valence-corrected chi connectivity index (χ4v) is 4.01. The fraction of sp³-hybridized carbons (Fsp3) is 0.350. The highest BCUT2D eigenvalue weighted by Crippen LogP contribution is 2.36. The molecule has 0 saturated heterocycles. The Hall–Kier alpha value is -2.55. The van der Waals surface area contributed by atoms with E-state index in [-0.39, 0.29) is 12.7 Å². The SMILES string of the molecule is Cc1cnc(Nc2nc(C(O)CO)cs2)c(OC2CCCc3cccnc32)c1. The van der Waals surface area contributed by atoms with E-state index in [2.05, 4.69) is 26.3 Å². The molecule has 1 aliphatic rings. The highest BCUT2D eigenvalue weighted by atomic mass is 32.1. The van der Waals surface area contributed by atoms with Crippen molar-refractivity contribution in [3.05, 3.63) is 58.5 Å². The van der Waals surface area contributed by atoms with Crippen LogP contribution in [0.2, 0.25) is 0 Å². The molecule has 146 valence electrons. The van der Waals surface area contributed by atoms with Crippen LogP contribution in [0.4, 0.5) is 10.9 Å². The fourth-order valence-electron chi connectivity index (χ4n) is 3.25. The van der Waals surface area contributed by atoms with Gasteiger partial charge in [-0.25, -0.2) is 9.97 Å². The van der Waals surface area contributed by atoms with Crippen molar-refractivity contribution in [2.24, 2.45) is 0 Å². The van der Waals surface area contributed by atoms with Gasteiger partial charge in [0.2, 0.25) is 0 Å². The van der Waals surface area contributed by atoms with E-state index in [1.807, 2.05) is 19.1 Å². The number of anilines is 2. The summed E-state index contributed by atoms with van der Waals surface area (Å²) in [5.74, 6) is 1.20. The Balaban J connectivity index is 1.58. The van der Waals surface area contributed by atoms with Gasteiger partial charge in [0, 0.05) is 17.8 Å². The quantitative estimate of drug-likeness (QED) is 0.584. The van der Waals surface area contributed by atoms with Crippen molar-refractivity contribution < 1.29 is 14.9 Å². The van der Waals surface area contributed by atoms with E-state index < -0.39 is 6.10 Å². The van der Waals surface area contributed by atoms with Crippen LogP contribution in [0.15, 0.2) is 36.0 Å². The van der Waals surface area contributed by atoms with E-state index in [0.717, 1.165) is 30.5 Å². The summed E-state index contributed by atoms with van der Waals surface area (Å²) >= 11 is 1.33. The molecule has 0 amide bonds. The molecule has 3 N–H and O–H groups in total. The van der Waals surface area contributed by atoms with E-state index in [1.165, 1.54) is 16.9 Å². The number of rotatable bonds is 6. The van der Waals surface area contributed by atoms with E-state index >= 15 is 0 Å². The third-order valence-electron chi connectivity index (χ3n) is 4.66. The number of nitrogens with one attached hydrogen (secondary N) is 1. The van der Waals surface area contributed by atoms with Crippen LogP contribution >= 0.6 is 11.3 Å². The molecule has 0 fully saturated rings. The molecule has 0 bridgehead atoms. The molecule has 4 rings (SSSR count). The maximum atomic E-state index is 9.73. The normalized spacial score (nSPS) is 17.0. The van der Waals surface area contributed by atoms with Crippen molar-refractivity contribution in [3.8, 4) is 5.75 Å². The lowest BCUT2D eigenvalue weighted by Crippen LogP contribution is -2.17. The molecule has 0 aromatic carbocycles. The summed E-state index contributed by atoms with van der Waals surface area (Å²) in [6.45, 7) is 1.60. The standard InChI is InChI=1S/C20H22N4O3S/c1-12-8-17(27-16-6-2-4-13-5-3-7-21-18(13)16)19(22-9-12)24-20-23-14(11-28-20)15(26)10-25/h3,5,7-9,11,15-16,25-26H,2,4,6,10H2,1H3,(H,22,23,24). The first-order chi connectivity index (χ1) is 13.6. The van der Waals surface area contributed by atoms with Crippen LogP contribution in [-0.2, 0) is 6.42 Å². The first-order valence-electron chi connectivity index (χ1n) is 9.22. The smallest absolute Gasteiger partial charge is 0.188 e. The van der Waals surface area contributed by atoms with Crippen LogP contribution in [0.5, 0.6) is 5.75 Å². The highest BCUT2D eigenvalue weighted by molar-refractivity contribution is 7.13. The zero-order chi connectivity index (χ0) is 19.5. The Morgan fingerprint density at radius 3 is 3.14 bits per heavy atom. The first-order valence-corrected chi connectivity index (χ1v) is 10.1. The number of fused-ring (bicyclic) bond motifs is 1. The number of aliphatic hydroxyl groups excluding tert-OH is 2. The zero-order valence-electron chi connectivity index (χ0n) is 15.5. The second-order valence-electron chi connectivity index (χ2n) is 6.81. The number of pyridine rings is 2. The number of hydrogen-bond acceptors (Lipinski definition) is 8. The number of hydrogen-bond donors (Lipinski definition) is 3. The molecule has 3 aromatic rings. The van der Waals surface area contributed by atoms with Crippen molar-refractivity contribution in [3.63, 3.8) is 0 Å². The predicted octanol–water partition coefficient (Wildman–Crippen LogP) is 3.47. The molecule has 7 nitrogen and oxygen atoms in total. The minimum atomic E-state index is -0.988. The summed E-state index contributed by atoms with van der Waals surface area (Å²) in [6.07, 6.45) is 5.45. The first kappa shape index (κ1) is 18.8. The Labute approximate surface area is 167 Å². The largest absolute Gasteiger partial charge is 0.480 e. The maximum Gasteiger partial charge on any atom is 0.188 e. The van der Waals surface area contributed by atoms with Crippen LogP contribution in [0.3, 0.4) is 0 Å². The lowest BCUT2D eigenvalue weighted by atomic mass is 9.94. The van der Waals surface area contributed by atoms with Gasteiger partial charge in [-0.05, 0) is 49.4 Å². The number of aliphatic hydroxyl groups is 2. The second-order valence-corrected chi connectivity index (χ2v) is 7.66. The van der Waals surface area contributed by atoms with E-state index in [1.54, 1.807) is 17.8 Å². The van der Waals surface area contributed by atoms with Gasteiger partial charge < -0.3 is 20.3 Å². The molecule has 2 unspecified atom stereocenters. The van der Waals surface area contributed by atoms with Crippen LogP contribution in [0.25, 0.3) is 0 Å². The summed E-state index contributed by atoms with van der Waals surface area (Å²) in [6, 6.07) is 6.02. The van der Waals surface area contributed by atoms with Crippen molar-refractivity contribution in [1.29, 1.82) is 0 Å². The van der Waals surface area contributed by atoms with Crippen molar-refractivity contribution in [2.45, 2.75) is 38.4 Å². The molecule has 3 heterocycles. The van der Waals surface area contributed by atoms with E-state index in [9.17, 15) is 5.11 Å². The summed E-state index contributed by atoms with van der Waals surface area (Å²) < 4.78 is 6.34. The van der Waals surface area contributed by atoms with Gasteiger partial charge in [0.05, 0.1) is 18.0 Å². The van der Waals surface area contributed by atoms with Crippen LogP contribution in [0, 0.1) is 6.92 Å². The minimum Gasteiger partial charge on any atom is -0.480 e. The third-order valence-corrected chi connectivity index (χ3v) is 5.44. The molecule has 0 radical (unpaired) electrons. The van der Waals surface area contributed by atoms with Gasteiger partial charge in [-0.15, -0.1) is 11.3 Å². The van der Waals surface area contributed by atoms with Gasteiger partial charge in [-0.1, -0.05) is 6.07 Å². The van der Waals surface area contributed by atoms with Crippen LogP contribution < -0.4 is 10.1 Å². The molecule has 0 saturated carbocycles. The van der Waals surface area contributed by atoms with Crippen LogP contribution in [0.1, 0.15) is 47.6 Å². The number of aromatic nitrogens is 3. The molecule has 0 aliphatic heterocycles. The number of thiazole rings is 1. The van der Waals surface area contributed by atoms with Crippen molar-refractivity contribution >= 4 is 22.3 Å². The average Bonchev–Trinajstić information content (AvgIpc) is 3.18. The Bertz CT molecular complexity index is 962. The number of nitrogens with zero attached hydrogens (tertiary/aromatic N) is 3. The van der Waals surface area contributed by atoms with Gasteiger partial charge in [0.15, 0.2) is 16.7 Å². The predicted molar refractivity (Wildman–Crippen MR) is 107 cm³/mol. The molecular formula is C20H22N4O3S. The summed E-state index contributed by atoms with van der Waals surface area (Å²) in [5.41, 5.74) is 3.64. The minimum absolute atomic E-state index is 0.114. The number of ether oxygens (including phenoxy) is 1. The number of aryl methyl sites for hydroxylation is 2. The van der Waals surface area contributed by atoms with Crippen LogP contribution in [-0.4, -0.2) is 31.8 Å². The molecule has 1 aliphatic carbocycles.